The van der Waals surface area contributed by atoms with Crippen LogP contribution < -0.4 is 10.7 Å². The maximum atomic E-state index is 7.11. The van der Waals surface area contributed by atoms with Crippen molar-refractivity contribution in [2.45, 2.75) is 6.92 Å². The first-order chi connectivity index (χ1) is 4.20. The number of aromatic amines is 1. The van der Waals surface area contributed by atoms with E-state index in [2.05, 4.69) is 0 Å². The summed E-state index contributed by atoms with van der Waals surface area (Å²) in [7, 11) is 0. The van der Waals surface area contributed by atoms with E-state index >= 15 is 0 Å². The minimum atomic E-state index is 0.468. The molecule has 42 valence electrons. The number of H-pyrrole nitrogens is 1. The number of hydrogen-bond donors (Lipinski definition) is 1. The molecule has 0 fully saturated rings. The molecule has 0 amide bonds. The molecule has 0 aliphatic carbocycles. The molecular weight excluding hydrogens is 100 g/mol. The van der Waals surface area contributed by atoms with Gasteiger partial charge in [-0.2, -0.15) is 0 Å². The van der Waals surface area contributed by atoms with Crippen molar-refractivity contribution >= 4 is 5.82 Å². The lowest BCUT2D eigenvalue weighted by molar-refractivity contribution is -0.360. The summed E-state index contributed by atoms with van der Waals surface area (Å²) in [6.07, 6.45) is 1.62. The van der Waals surface area contributed by atoms with Gasteiger partial charge in [-0.3, -0.25) is 5.73 Å². The van der Waals surface area contributed by atoms with Crippen LogP contribution in [0.4, 0.5) is 5.82 Å². The van der Waals surface area contributed by atoms with Crippen LogP contribution in [0.25, 0.3) is 0 Å². The van der Waals surface area contributed by atoms with Gasteiger partial charge in [0.2, 0.25) is 0 Å². The summed E-state index contributed by atoms with van der Waals surface area (Å²) in [6.45, 7) is 1.94. The first-order valence-electron chi connectivity index (χ1n) is 2.92. The maximum absolute atomic E-state index is 7.11. The average Bonchev–Trinajstić information content (AvgIpc) is 1.80. The Morgan fingerprint density at radius 3 is 3.12 bits per heavy atom. The molecular formula is C6H9N2+. The number of nitrogen functional groups attached to an aromatic ring is 1. The Hall–Kier alpha value is -1.05. The van der Waals surface area contributed by atoms with Crippen LogP contribution in [0.2, 0.25) is 1.41 Å². The molecule has 2 heteroatoms. The van der Waals surface area contributed by atoms with E-state index in [-0.39, 0.29) is 0 Å². The second-order valence-corrected chi connectivity index (χ2v) is 1.76. The lowest BCUT2D eigenvalue weighted by Crippen LogP contribution is -2.08. The molecule has 1 aromatic heterocycles. The third kappa shape index (κ3) is 0.964. The zero-order chi connectivity index (χ0) is 6.85. The molecule has 0 aliphatic heterocycles. The first-order valence-corrected chi connectivity index (χ1v) is 2.47. The van der Waals surface area contributed by atoms with Crippen LogP contribution in [0, 0.1) is 6.92 Å². The van der Waals surface area contributed by atoms with E-state index in [1.54, 1.807) is 12.3 Å². The zero-order valence-corrected chi connectivity index (χ0v) is 4.76. The second-order valence-electron chi connectivity index (χ2n) is 1.76. The molecule has 0 aromatic carbocycles. The Morgan fingerprint density at radius 1 is 1.88 bits per heavy atom. The molecule has 1 heterocycles. The van der Waals surface area contributed by atoms with Crippen LogP contribution in [-0.4, -0.2) is 0 Å². The van der Waals surface area contributed by atoms with Gasteiger partial charge in [0, 0.05) is 6.07 Å². The molecule has 0 atom stereocenters. The van der Waals surface area contributed by atoms with Crippen LogP contribution in [0.3, 0.4) is 0 Å². The van der Waals surface area contributed by atoms with Gasteiger partial charge in [-0.05, 0) is 18.6 Å². The summed E-state index contributed by atoms with van der Waals surface area (Å²) in [4.78, 5) is 1.13. The van der Waals surface area contributed by atoms with Crippen molar-refractivity contribution in [2.24, 2.45) is 0 Å². The summed E-state index contributed by atoms with van der Waals surface area (Å²) in [6, 6.07) is 3.59. The SMILES string of the molecule is [2H][n+]1ccc(C)cc1N. The standard InChI is InChI=1S/C6H8N2/c1-5-2-3-8-6(7)4-5/h2-4H,1H3,(H2,7,8)/p+1/i/hD. The highest BCUT2D eigenvalue weighted by Crippen LogP contribution is 1.94. The minimum absolute atomic E-state index is 0.468. The van der Waals surface area contributed by atoms with E-state index in [0.717, 1.165) is 10.5 Å². The molecule has 1 aromatic rings. The Kier molecular flexibility index (Phi) is 0.886. The van der Waals surface area contributed by atoms with Crippen LogP contribution in [0.5, 0.6) is 0 Å². The molecule has 0 aliphatic rings. The largest absolute Gasteiger partial charge is 0.311 e. The van der Waals surface area contributed by atoms with Gasteiger partial charge in [0.05, 0.1) is 6.20 Å². The maximum Gasteiger partial charge on any atom is 0.311 e. The van der Waals surface area contributed by atoms with E-state index in [4.69, 9.17) is 7.15 Å². The van der Waals surface area contributed by atoms with Gasteiger partial charge in [-0.1, -0.05) is 0 Å². The van der Waals surface area contributed by atoms with Gasteiger partial charge in [0.15, 0.2) is 0 Å². The molecule has 0 saturated heterocycles. The summed E-state index contributed by atoms with van der Waals surface area (Å²) < 4.78 is 7.11. The fourth-order valence-electron chi connectivity index (χ4n) is 0.560. The topological polar surface area (TPSA) is 40.2 Å². The second kappa shape index (κ2) is 1.82. The van der Waals surface area contributed by atoms with Crippen molar-refractivity contribution in [1.82, 2.24) is 0 Å². The van der Waals surface area contributed by atoms with Crippen LogP contribution in [0.1, 0.15) is 5.56 Å². The Balaban J connectivity index is 3.17. The number of nitrogens with one attached hydrogen (secondary N) is 1. The van der Waals surface area contributed by atoms with Gasteiger partial charge < -0.3 is 0 Å². The summed E-state index contributed by atoms with van der Waals surface area (Å²) >= 11 is 0. The Bertz CT molecular complexity index is 222. The third-order valence-electron chi connectivity index (χ3n) is 0.937. The molecule has 0 bridgehead atoms. The lowest BCUT2D eigenvalue weighted by Gasteiger charge is -1.85. The quantitative estimate of drug-likeness (QED) is 0.515. The molecule has 2 nitrogen and oxygen atoms in total. The fourth-order valence-corrected chi connectivity index (χ4v) is 0.560. The highest BCUT2D eigenvalue weighted by atomic mass is 14.8. The van der Waals surface area contributed by atoms with Crippen molar-refractivity contribution in [1.29, 1.82) is 0 Å². The summed E-state index contributed by atoms with van der Waals surface area (Å²) in [5.41, 5.74) is 6.48. The number of aromatic nitrogens is 1. The number of aryl methyl sites for hydroxylation is 1. The molecule has 3 N–H and O–H groups in total. The first kappa shape index (κ1) is 3.89. The predicted octanol–water partition coefficient (Wildman–Crippen LogP) is 0.391. The molecule has 0 radical (unpaired) electrons. The van der Waals surface area contributed by atoms with Crippen LogP contribution in [0.15, 0.2) is 18.3 Å². The van der Waals surface area contributed by atoms with Crippen molar-refractivity contribution < 1.29 is 6.39 Å². The fraction of sp³-hybridized carbons (Fsp3) is 0.167. The molecule has 8 heavy (non-hydrogen) atoms. The Labute approximate surface area is 49.8 Å². The molecule has 0 saturated carbocycles. The highest BCUT2D eigenvalue weighted by molar-refractivity contribution is 5.24. The normalized spacial score (nSPS) is 10.9. The predicted molar refractivity (Wildman–Crippen MR) is 32.1 cm³/mol. The number of hydrogen-bond acceptors (Lipinski definition) is 1. The van der Waals surface area contributed by atoms with E-state index < -0.39 is 0 Å². The number of anilines is 1. The molecule has 0 unspecified atom stereocenters. The van der Waals surface area contributed by atoms with Crippen LogP contribution in [-0.2, 0) is 0 Å². The van der Waals surface area contributed by atoms with Crippen molar-refractivity contribution in [3.05, 3.63) is 23.9 Å². The number of pyridine rings is 1. The van der Waals surface area contributed by atoms with E-state index in [1.807, 2.05) is 13.0 Å². The van der Waals surface area contributed by atoms with Gasteiger partial charge in [-0.15, -0.1) is 0 Å². The van der Waals surface area contributed by atoms with E-state index in [1.165, 1.54) is 0 Å². The van der Waals surface area contributed by atoms with Crippen molar-refractivity contribution in [3.63, 3.8) is 0 Å². The smallest absolute Gasteiger partial charge is 0.287 e. The average molecular weight is 110 g/mol. The lowest BCUT2D eigenvalue weighted by atomic mass is 10.3. The third-order valence-corrected chi connectivity index (χ3v) is 0.937. The number of rotatable bonds is 0. The van der Waals surface area contributed by atoms with Gasteiger partial charge in [0.1, 0.15) is 0 Å². The molecule has 0 spiro atoms. The summed E-state index contributed by atoms with van der Waals surface area (Å²) in [5, 5.41) is 0. The van der Waals surface area contributed by atoms with Crippen LogP contribution >= 0.6 is 0 Å². The molecule has 1 rings (SSSR count). The zero-order valence-electron chi connectivity index (χ0n) is 5.76. The monoisotopic (exact) mass is 110 g/mol. The van der Waals surface area contributed by atoms with Crippen molar-refractivity contribution in [3.8, 4) is 0 Å². The van der Waals surface area contributed by atoms with E-state index in [0.29, 0.717) is 5.82 Å². The minimum Gasteiger partial charge on any atom is -0.287 e. The van der Waals surface area contributed by atoms with Gasteiger partial charge >= 0.3 is 1.41 Å². The van der Waals surface area contributed by atoms with E-state index in [9.17, 15) is 0 Å². The Morgan fingerprint density at radius 2 is 2.62 bits per heavy atom. The number of nitrogens with two attached hydrogens (primary N) is 1. The van der Waals surface area contributed by atoms with Gasteiger partial charge in [-0.25, -0.2) is 4.98 Å². The van der Waals surface area contributed by atoms with Gasteiger partial charge in [0.25, 0.3) is 5.82 Å². The summed E-state index contributed by atoms with van der Waals surface area (Å²) in [5.74, 6) is 0.468. The highest BCUT2D eigenvalue weighted by Gasteiger charge is 1.88. The van der Waals surface area contributed by atoms with Crippen molar-refractivity contribution in [2.75, 3.05) is 5.73 Å².